The lowest BCUT2D eigenvalue weighted by Gasteiger charge is -2.33. The van der Waals surface area contributed by atoms with Crippen molar-refractivity contribution < 1.29 is 0 Å². The molecule has 0 bridgehead atoms. The third-order valence-electron chi connectivity index (χ3n) is 4.62. The number of hydrogen-bond donors (Lipinski definition) is 2. The van der Waals surface area contributed by atoms with Crippen molar-refractivity contribution in [1.82, 2.24) is 5.32 Å². The van der Waals surface area contributed by atoms with Crippen molar-refractivity contribution in [3.05, 3.63) is 63.1 Å². The van der Waals surface area contributed by atoms with Crippen LogP contribution in [0.1, 0.15) is 36.8 Å². The molecule has 5 heteroatoms. The summed E-state index contributed by atoms with van der Waals surface area (Å²) in [4.78, 5) is 0. The number of halogens is 2. The Labute approximate surface area is 162 Å². The van der Waals surface area contributed by atoms with Gasteiger partial charge in [0.2, 0.25) is 0 Å². The summed E-state index contributed by atoms with van der Waals surface area (Å²) in [7, 11) is 0. The van der Waals surface area contributed by atoms with Gasteiger partial charge in [0.25, 0.3) is 0 Å². The highest BCUT2D eigenvalue weighted by Gasteiger charge is 2.37. The molecule has 0 amide bonds. The van der Waals surface area contributed by atoms with Crippen LogP contribution in [0.15, 0.2) is 46.9 Å². The molecule has 2 N–H and O–H groups in total. The van der Waals surface area contributed by atoms with E-state index in [-0.39, 0.29) is 5.54 Å². The SMILES string of the molecule is Cc1cc(NC(=S)NC2(c3ccccc3Cl)CCCC2)ccc1Br. The maximum Gasteiger partial charge on any atom is 0.171 e. The number of hydrogen-bond acceptors (Lipinski definition) is 1. The van der Waals surface area contributed by atoms with Crippen LogP contribution < -0.4 is 10.6 Å². The molecule has 1 fully saturated rings. The summed E-state index contributed by atoms with van der Waals surface area (Å²) in [5, 5.41) is 8.30. The van der Waals surface area contributed by atoms with Crippen molar-refractivity contribution in [2.45, 2.75) is 38.1 Å². The fraction of sp³-hybridized carbons (Fsp3) is 0.316. The van der Waals surface area contributed by atoms with Crippen molar-refractivity contribution in [3.8, 4) is 0 Å². The van der Waals surface area contributed by atoms with Crippen LogP contribution in [0, 0.1) is 6.92 Å². The van der Waals surface area contributed by atoms with Gasteiger partial charge in [-0.1, -0.05) is 58.6 Å². The third-order valence-corrected chi connectivity index (χ3v) is 6.04. The predicted molar refractivity (Wildman–Crippen MR) is 110 cm³/mol. The molecule has 2 aromatic carbocycles. The monoisotopic (exact) mass is 422 g/mol. The number of benzene rings is 2. The first-order valence-corrected chi connectivity index (χ1v) is 9.68. The molecule has 0 spiro atoms. The molecule has 0 atom stereocenters. The van der Waals surface area contributed by atoms with Gasteiger partial charge < -0.3 is 10.6 Å². The second kappa shape index (κ2) is 7.42. The highest BCUT2D eigenvalue weighted by atomic mass is 79.9. The highest BCUT2D eigenvalue weighted by Crippen LogP contribution is 2.41. The summed E-state index contributed by atoms with van der Waals surface area (Å²) in [6.07, 6.45) is 4.44. The minimum absolute atomic E-state index is 0.174. The molecule has 24 heavy (non-hydrogen) atoms. The van der Waals surface area contributed by atoms with Gasteiger partial charge in [0.1, 0.15) is 0 Å². The molecule has 126 valence electrons. The van der Waals surface area contributed by atoms with Gasteiger partial charge in [0.15, 0.2) is 5.11 Å². The van der Waals surface area contributed by atoms with E-state index in [1.807, 2.05) is 30.3 Å². The lowest BCUT2D eigenvalue weighted by atomic mass is 9.88. The van der Waals surface area contributed by atoms with Gasteiger partial charge in [-0.05, 0) is 67.4 Å². The Morgan fingerprint density at radius 1 is 1.17 bits per heavy atom. The average Bonchev–Trinajstić information content (AvgIpc) is 3.00. The third kappa shape index (κ3) is 3.76. The zero-order chi connectivity index (χ0) is 17.2. The summed E-state index contributed by atoms with van der Waals surface area (Å²) in [5.41, 5.74) is 3.12. The first-order valence-electron chi connectivity index (χ1n) is 8.10. The number of rotatable bonds is 3. The Hall–Kier alpha value is -1.10. The lowest BCUT2D eigenvalue weighted by Crippen LogP contribution is -2.45. The Balaban J connectivity index is 1.80. The summed E-state index contributed by atoms with van der Waals surface area (Å²) >= 11 is 15.6. The summed E-state index contributed by atoms with van der Waals surface area (Å²) in [5.74, 6) is 0. The van der Waals surface area contributed by atoms with Crippen LogP contribution in [0.3, 0.4) is 0 Å². The molecule has 2 aromatic rings. The van der Waals surface area contributed by atoms with E-state index in [2.05, 4.69) is 45.6 Å². The maximum atomic E-state index is 6.47. The van der Waals surface area contributed by atoms with E-state index in [0.29, 0.717) is 5.11 Å². The summed E-state index contributed by atoms with van der Waals surface area (Å²) < 4.78 is 1.09. The van der Waals surface area contributed by atoms with Crippen LogP contribution in [0.25, 0.3) is 0 Å². The zero-order valence-corrected chi connectivity index (χ0v) is 16.7. The van der Waals surface area contributed by atoms with Crippen LogP contribution in [0.4, 0.5) is 5.69 Å². The predicted octanol–water partition coefficient (Wildman–Crippen LogP) is 6.17. The number of thiocarbonyl (C=S) groups is 1. The Bertz CT molecular complexity index is 757. The fourth-order valence-corrected chi connectivity index (χ4v) is 4.27. The van der Waals surface area contributed by atoms with Crippen LogP contribution in [-0.4, -0.2) is 5.11 Å². The highest BCUT2D eigenvalue weighted by molar-refractivity contribution is 9.10. The van der Waals surface area contributed by atoms with E-state index in [1.165, 1.54) is 18.4 Å². The molecular formula is C19H20BrClN2S. The van der Waals surface area contributed by atoms with Crippen molar-refractivity contribution >= 4 is 50.5 Å². The summed E-state index contributed by atoms with van der Waals surface area (Å²) in [6, 6.07) is 14.2. The van der Waals surface area contributed by atoms with E-state index < -0.39 is 0 Å². The Morgan fingerprint density at radius 2 is 1.88 bits per heavy atom. The van der Waals surface area contributed by atoms with Crippen LogP contribution in [-0.2, 0) is 5.54 Å². The van der Waals surface area contributed by atoms with E-state index in [0.717, 1.165) is 33.6 Å². The van der Waals surface area contributed by atoms with Gasteiger partial charge in [-0.25, -0.2) is 0 Å². The molecular weight excluding hydrogens is 404 g/mol. The number of nitrogens with one attached hydrogen (secondary N) is 2. The van der Waals surface area contributed by atoms with Crippen molar-refractivity contribution in [2.24, 2.45) is 0 Å². The van der Waals surface area contributed by atoms with Gasteiger partial charge in [-0.3, -0.25) is 0 Å². The molecule has 1 aliphatic rings. The van der Waals surface area contributed by atoms with Crippen LogP contribution in [0.2, 0.25) is 5.02 Å². The Kier molecular flexibility index (Phi) is 5.48. The maximum absolute atomic E-state index is 6.47. The smallest absolute Gasteiger partial charge is 0.171 e. The van der Waals surface area contributed by atoms with E-state index in [1.54, 1.807) is 0 Å². The largest absolute Gasteiger partial charge is 0.353 e. The molecule has 0 aromatic heterocycles. The van der Waals surface area contributed by atoms with Crippen molar-refractivity contribution in [3.63, 3.8) is 0 Å². The average molecular weight is 424 g/mol. The van der Waals surface area contributed by atoms with Crippen molar-refractivity contribution in [1.29, 1.82) is 0 Å². The van der Waals surface area contributed by atoms with E-state index in [9.17, 15) is 0 Å². The number of anilines is 1. The zero-order valence-electron chi connectivity index (χ0n) is 13.5. The van der Waals surface area contributed by atoms with E-state index >= 15 is 0 Å². The second-order valence-electron chi connectivity index (χ2n) is 6.31. The quantitative estimate of drug-likeness (QED) is 0.577. The molecule has 2 nitrogen and oxygen atoms in total. The minimum Gasteiger partial charge on any atom is -0.353 e. The van der Waals surface area contributed by atoms with Crippen LogP contribution in [0.5, 0.6) is 0 Å². The molecule has 3 rings (SSSR count). The minimum atomic E-state index is -0.174. The normalized spacial score (nSPS) is 16.0. The van der Waals surface area contributed by atoms with Crippen molar-refractivity contribution in [2.75, 3.05) is 5.32 Å². The van der Waals surface area contributed by atoms with Crippen LogP contribution >= 0.6 is 39.7 Å². The lowest BCUT2D eigenvalue weighted by molar-refractivity contribution is 0.408. The molecule has 0 radical (unpaired) electrons. The standard InChI is InChI=1S/C19H20BrClN2S/c1-13-12-14(8-9-16(13)20)22-18(24)23-19(10-4-5-11-19)15-6-2-3-7-17(15)21/h2-3,6-9,12H,4-5,10-11H2,1H3,(H2,22,23,24). The van der Waals surface area contributed by atoms with Gasteiger partial charge >= 0.3 is 0 Å². The first-order chi connectivity index (χ1) is 11.5. The van der Waals surface area contributed by atoms with Gasteiger partial charge in [-0.15, -0.1) is 0 Å². The molecule has 0 heterocycles. The molecule has 0 aliphatic heterocycles. The summed E-state index contributed by atoms with van der Waals surface area (Å²) in [6.45, 7) is 2.06. The molecule has 0 saturated heterocycles. The van der Waals surface area contributed by atoms with Gasteiger partial charge in [0.05, 0.1) is 5.54 Å². The second-order valence-corrected chi connectivity index (χ2v) is 7.98. The van der Waals surface area contributed by atoms with Gasteiger partial charge in [0, 0.05) is 15.2 Å². The molecule has 1 aliphatic carbocycles. The first kappa shape index (κ1) is 17.7. The van der Waals surface area contributed by atoms with Gasteiger partial charge in [-0.2, -0.15) is 0 Å². The molecule has 1 saturated carbocycles. The molecule has 0 unspecified atom stereocenters. The Morgan fingerprint density at radius 3 is 2.54 bits per heavy atom. The fourth-order valence-electron chi connectivity index (χ4n) is 3.39. The number of aryl methyl sites for hydroxylation is 1. The van der Waals surface area contributed by atoms with E-state index in [4.69, 9.17) is 23.8 Å². The topological polar surface area (TPSA) is 24.1 Å².